The normalized spacial score (nSPS) is 25.6. The fraction of sp³-hybridized carbons (Fsp3) is 0.722. The molecule has 5 heteroatoms. The number of hydrogen-bond donors (Lipinski definition) is 2. The van der Waals surface area contributed by atoms with Crippen LogP contribution in [0.5, 0.6) is 0 Å². The van der Waals surface area contributed by atoms with Gasteiger partial charge in [0.2, 0.25) is 0 Å². The molecule has 1 aromatic rings. The van der Waals surface area contributed by atoms with E-state index in [9.17, 15) is 0 Å². The minimum absolute atomic E-state index is 0.246. The Kier molecular flexibility index (Phi) is 6.51. The number of nitrogens with zero attached hydrogens (tertiary/aromatic N) is 3. The Hall–Kier alpha value is -1.49. The van der Waals surface area contributed by atoms with Crippen molar-refractivity contribution in [3.63, 3.8) is 0 Å². The number of guanidine groups is 1. The highest BCUT2D eigenvalue weighted by molar-refractivity contribution is 5.79. The Bertz CT molecular complexity index is 480. The maximum atomic E-state index is 4.37. The third kappa shape index (κ3) is 4.99. The molecule has 0 amide bonds. The van der Waals surface area contributed by atoms with Crippen LogP contribution in [0.2, 0.25) is 0 Å². The molecule has 130 valence electrons. The number of aromatic nitrogens is 1. The monoisotopic (exact) mass is 319 g/mol. The molecule has 1 aliphatic rings. The average molecular weight is 319 g/mol. The summed E-state index contributed by atoms with van der Waals surface area (Å²) < 4.78 is 2.17. The average Bonchev–Trinajstić information content (AvgIpc) is 3.04. The minimum atomic E-state index is 0.246. The predicted molar refractivity (Wildman–Crippen MR) is 97.8 cm³/mol. The maximum Gasteiger partial charge on any atom is 0.191 e. The highest BCUT2D eigenvalue weighted by atomic mass is 15.2. The van der Waals surface area contributed by atoms with Crippen molar-refractivity contribution in [2.45, 2.75) is 44.7 Å². The molecule has 0 spiro atoms. The van der Waals surface area contributed by atoms with E-state index in [0.29, 0.717) is 0 Å². The fourth-order valence-electron chi connectivity index (χ4n) is 3.65. The Morgan fingerprint density at radius 2 is 2.04 bits per heavy atom. The molecule has 1 fully saturated rings. The zero-order valence-corrected chi connectivity index (χ0v) is 15.2. The molecule has 0 aromatic carbocycles. The Labute approximate surface area is 141 Å². The van der Waals surface area contributed by atoms with Crippen molar-refractivity contribution >= 4 is 5.96 Å². The van der Waals surface area contributed by atoms with Gasteiger partial charge >= 0.3 is 0 Å². The van der Waals surface area contributed by atoms with E-state index in [-0.39, 0.29) is 5.54 Å². The predicted octanol–water partition coefficient (Wildman–Crippen LogP) is 2.16. The quantitative estimate of drug-likeness (QED) is 0.624. The van der Waals surface area contributed by atoms with Crippen molar-refractivity contribution in [1.82, 2.24) is 20.1 Å². The van der Waals surface area contributed by atoms with Crippen LogP contribution in [0.3, 0.4) is 0 Å². The van der Waals surface area contributed by atoms with Crippen LogP contribution in [0.25, 0.3) is 0 Å². The highest BCUT2D eigenvalue weighted by Gasteiger charge is 2.36. The Morgan fingerprint density at radius 1 is 1.30 bits per heavy atom. The molecule has 2 atom stereocenters. The van der Waals surface area contributed by atoms with E-state index >= 15 is 0 Å². The van der Waals surface area contributed by atoms with Crippen LogP contribution in [0, 0.1) is 5.92 Å². The molecule has 2 unspecified atom stereocenters. The van der Waals surface area contributed by atoms with Crippen LogP contribution in [-0.4, -0.2) is 55.2 Å². The summed E-state index contributed by atoms with van der Waals surface area (Å²) in [6, 6.07) is 4.11. The molecule has 2 rings (SSSR count). The van der Waals surface area contributed by atoms with Crippen molar-refractivity contribution in [2.75, 3.05) is 34.2 Å². The first kappa shape index (κ1) is 17.9. The van der Waals surface area contributed by atoms with Crippen molar-refractivity contribution in [3.8, 4) is 0 Å². The molecule has 2 N–H and O–H groups in total. The summed E-state index contributed by atoms with van der Waals surface area (Å²) in [5.41, 5.74) is 0.246. The lowest BCUT2D eigenvalue weighted by atomic mass is 9.75. The first-order valence-electron chi connectivity index (χ1n) is 8.78. The van der Waals surface area contributed by atoms with Crippen LogP contribution >= 0.6 is 0 Å². The van der Waals surface area contributed by atoms with Crippen molar-refractivity contribution in [3.05, 3.63) is 24.5 Å². The summed E-state index contributed by atoms with van der Waals surface area (Å²) in [4.78, 5) is 6.77. The van der Waals surface area contributed by atoms with Crippen LogP contribution < -0.4 is 10.6 Å². The third-order valence-electron chi connectivity index (χ3n) is 5.15. The third-order valence-corrected chi connectivity index (χ3v) is 5.15. The second-order valence-electron chi connectivity index (χ2n) is 7.09. The molecular weight excluding hydrogens is 286 g/mol. The zero-order valence-electron chi connectivity index (χ0n) is 15.2. The van der Waals surface area contributed by atoms with Gasteiger partial charge in [0, 0.05) is 44.6 Å². The van der Waals surface area contributed by atoms with Crippen molar-refractivity contribution in [2.24, 2.45) is 10.9 Å². The van der Waals surface area contributed by atoms with E-state index in [1.165, 1.54) is 25.7 Å². The summed E-state index contributed by atoms with van der Waals surface area (Å²) >= 11 is 0. The topological polar surface area (TPSA) is 44.6 Å². The van der Waals surface area contributed by atoms with Gasteiger partial charge in [-0.05, 0) is 45.0 Å². The maximum absolute atomic E-state index is 4.37. The summed E-state index contributed by atoms with van der Waals surface area (Å²) in [5, 5.41) is 6.96. The van der Waals surface area contributed by atoms with Gasteiger partial charge in [-0.25, -0.2) is 0 Å². The second kappa shape index (κ2) is 8.39. The van der Waals surface area contributed by atoms with Gasteiger partial charge in [0.1, 0.15) is 0 Å². The zero-order chi connectivity index (χ0) is 16.7. The van der Waals surface area contributed by atoms with Crippen LogP contribution in [0.4, 0.5) is 0 Å². The highest BCUT2D eigenvalue weighted by Crippen LogP contribution is 2.35. The molecule has 1 aliphatic carbocycles. The SMILES string of the molecule is CN=C(NCCn1cccc1)NCC1(N(C)C)CCCC(C)C1. The van der Waals surface area contributed by atoms with Gasteiger partial charge in [-0.1, -0.05) is 19.8 Å². The van der Waals surface area contributed by atoms with Gasteiger partial charge in [-0.15, -0.1) is 0 Å². The molecular formula is C18H33N5. The van der Waals surface area contributed by atoms with Gasteiger partial charge in [-0.2, -0.15) is 0 Å². The molecule has 1 aromatic heterocycles. The van der Waals surface area contributed by atoms with Crippen LogP contribution in [0.1, 0.15) is 32.6 Å². The van der Waals surface area contributed by atoms with E-state index < -0.39 is 0 Å². The Morgan fingerprint density at radius 3 is 2.65 bits per heavy atom. The molecule has 1 saturated carbocycles. The molecule has 5 nitrogen and oxygen atoms in total. The first-order valence-corrected chi connectivity index (χ1v) is 8.78. The molecule has 23 heavy (non-hydrogen) atoms. The molecule has 0 bridgehead atoms. The lowest BCUT2D eigenvalue weighted by molar-refractivity contribution is 0.0796. The van der Waals surface area contributed by atoms with Crippen molar-refractivity contribution < 1.29 is 0 Å². The van der Waals surface area contributed by atoms with Crippen molar-refractivity contribution in [1.29, 1.82) is 0 Å². The fourth-order valence-corrected chi connectivity index (χ4v) is 3.65. The van der Waals surface area contributed by atoms with Gasteiger partial charge in [-0.3, -0.25) is 4.99 Å². The smallest absolute Gasteiger partial charge is 0.191 e. The number of aliphatic imine (C=N–C) groups is 1. The standard InChI is InChI=1S/C18H33N5/c1-16-8-7-9-18(14-16,22(3)4)15-21-17(19-2)20-10-13-23-11-5-6-12-23/h5-6,11-12,16H,7-10,13-15H2,1-4H3,(H2,19,20,21). The van der Waals surface area contributed by atoms with Gasteiger partial charge in [0.25, 0.3) is 0 Å². The molecule has 0 saturated heterocycles. The number of rotatable bonds is 6. The minimum Gasteiger partial charge on any atom is -0.355 e. The largest absolute Gasteiger partial charge is 0.355 e. The molecule has 0 radical (unpaired) electrons. The lowest BCUT2D eigenvalue weighted by Crippen LogP contribution is -2.56. The second-order valence-corrected chi connectivity index (χ2v) is 7.09. The van der Waals surface area contributed by atoms with E-state index in [2.05, 4.69) is 70.6 Å². The van der Waals surface area contributed by atoms with E-state index in [1.54, 1.807) is 0 Å². The van der Waals surface area contributed by atoms with E-state index in [0.717, 1.165) is 31.5 Å². The molecule has 1 heterocycles. The van der Waals surface area contributed by atoms with E-state index in [1.807, 2.05) is 7.05 Å². The first-order chi connectivity index (χ1) is 11.1. The Balaban J connectivity index is 1.83. The van der Waals surface area contributed by atoms with Crippen LogP contribution in [0.15, 0.2) is 29.5 Å². The summed E-state index contributed by atoms with van der Waals surface area (Å²) in [6.07, 6.45) is 9.37. The summed E-state index contributed by atoms with van der Waals surface area (Å²) in [5.74, 6) is 1.70. The van der Waals surface area contributed by atoms with Gasteiger partial charge in [0.05, 0.1) is 0 Å². The van der Waals surface area contributed by atoms with Crippen LogP contribution in [-0.2, 0) is 6.54 Å². The summed E-state index contributed by atoms with van der Waals surface area (Å²) in [7, 11) is 6.26. The van der Waals surface area contributed by atoms with Gasteiger partial charge < -0.3 is 20.1 Å². The van der Waals surface area contributed by atoms with E-state index in [4.69, 9.17) is 0 Å². The number of likely N-dealkylation sites (N-methyl/N-ethyl adjacent to an activating group) is 1. The molecule has 0 aliphatic heterocycles. The van der Waals surface area contributed by atoms with Gasteiger partial charge in [0.15, 0.2) is 5.96 Å². The number of nitrogens with one attached hydrogen (secondary N) is 2. The number of hydrogen-bond acceptors (Lipinski definition) is 2. The lowest BCUT2D eigenvalue weighted by Gasteiger charge is -2.45. The summed E-state index contributed by atoms with van der Waals surface area (Å²) in [6.45, 7) is 5.15.